The Hall–Kier alpha value is -5.04. The number of ether oxygens (including phenoxy) is 1. The molecule has 2 aromatic carbocycles. The van der Waals surface area contributed by atoms with Gasteiger partial charge in [-0.05, 0) is 61.4 Å². The number of fused-ring (bicyclic) bond motifs is 3. The Morgan fingerprint density at radius 3 is 2.75 bits per heavy atom. The third-order valence-electron chi connectivity index (χ3n) is 7.44. The molecule has 0 radical (unpaired) electrons. The Bertz CT molecular complexity index is 1740. The van der Waals surface area contributed by atoms with E-state index in [0.29, 0.717) is 24.0 Å². The van der Waals surface area contributed by atoms with Gasteiger partial charge in [-0.3, -0.25) is 0 Å². The molecule has 0 unspecified atom stereocenters. The quantitative estimate of drug-likeness (QED) is 0.170. The lowest BCUT2D eigenvalue weighted by Crippen LogP contribution is -2.18. The highest BCUT2D eigenvalue weighted by molar-refractivity contribution is 6.02. The van der Waals surface area contributed by atoms with Gasteiger partial charge < -0.3 is 19.4 Å². The standard InChI is InChI=1S/C30H27N7O3/c31-14-12-19-6-9-22(10-7-19)37-27-23-13-15-32-28(23)33-17-25(27)34-30(37)36-35-21-8-11-26(38)24(16-21)29(39)40-18-20-4-2-1-3-5-20/h1-5,8,11,13,15-17,19,22,38H,6-7,9-10,12,18H2,(H,32,33). The van der Waals surface area contributed by atoms with Gasteiger partial charge in [-0.25, -0.2) is 14.8 Å². The first-order valence-electron chi connectivity index (χ1n) is 13.3. The van der Waals surface area contributed by atoms with Gasteiger partial charge in [0, 0.05) is 24.0 Å². The Morgan fingerprint density at radius 1 is 1.12 bits per heavy atom. The van der Waals surface area contributed by atoms with E-state index in [2.05, 4.69) is 30.8 Å². The molecule has 6 rings (SSSR count). The lowest BCUT2D eigenvalue weighted by molar-refractivity contribution is 0.0469. The molecule has 0 aliphatic heterocycles. The predicted molar refractivity (Wildman–Crippen MR) is 148 cm³/mol. The van der Waals surface area contributed by atoms with Gasteiger partial charge in [0.05, 0.1) is 23.5 Å². The van der Waals surface area contributed by atoms with Gasteiger partial charge in [0.25, 0.3) is 5.95 Å². The van der Waals surface area contributed by atoms with E-state index in [0.717, 1.165) is 53.3 Å². The average Bonchev–Trinajstić information content (AvgIpc) is 3.61. The van der Waals surface area contributed by atoms with Crippen LogP contribution in [0.3, 0.4) is 0 Å². The second-order valence-electron chi connectivity index (χ2n) is 10.0. The van der Waals surface area contributed by atoms with Crippen LogP contribution in [-0.2, 0) is 11.3 Å². The first-order chi connectivity index (χ1) is 19.6. The molecule has 5 aromatic rings. The second kappa shape index (κ2) is 11.0. The van der Waals surface area contributed by atoms with E-state index in [9.17, 15) is 9.90 Å². The van der Waals surface area contributed by atoms with Gasteiger partial charge >= 0.3 is 5.97 Å². The first kappa shape index (κ1) is 25.2. The Morgan fingerprint density at radius 2 is 1.95 bits per heavy atom. The molecule has 0 atom stereocenters. The summed E-state index contributed by atoms with van der Waals surface area (Å²) in [6.45, 7) is 0.0904. The van der Waals surface area contributed by atoms with Crippen molar-refractivity contribution in [2.45, 2.75) is 44.8 Å². The summed E-state index contributed by atoms with van der Waals surface area (Å²) in [5, 5.41) is 29.3. The SMILES string of the molecule is N#CCC1CCC(n2c(N=Nc3ccc(O)c(C(=O)OCc4ccccc4)c3)nc3cnc4[nH]ccc4c32)CC1. The van der Waals surface area contributed by atoms with E-state index >= 15 is 0 Å². The average molecular weight is 534 g/mol. The van der Waals surface area contributed by atoms with Crippen molar-refractivity contribution in [3.05, 3.63) is 78.1 Å². The van der Waals surface area contributed by atoms with Crippen LogP contribution < -0.4 is 0 Å². The number of pyridine rings is 1. The molecule has 0 saturated heterocycles. The first-order valence-corrected chi connectivity index (χ1v) is 13.3. The summed E-state index contributed by atoms with van der Waals surface area (Å²) in [6.07, 6.45) is 7.90. The highest BCUT2D eigenvalue weighted by Gasteiger charge is 2.27. The minimum absolute atomic E-state index is 0.00919. The van der Waals surface area contributed by atoms with Crippen LogP contribution in [0.5, 0.6) is 5.75 Å². The molecule has 1 fully saturated rings. The molecule has 3 heterocycles. The number of aromatic nitrogens is 4. The van der Waals surface area contributed by atoms with E-state index in [1.165, 1.54) is 12.1 Å². The topological polar surface area (TPSA) is 142 Å². The third kappa shape index (κ3) is 5.01. The van der Waals surface area contributed by atoms with E-state index in [-0.39, 0.29) is 24.0 Å². The fraction of sp³-hybridized carbons (Fsp3) is 0.267. The number of aromatic hydroxyl groups is 1. The van der Waals surface area contributed by atoms with Gasteiger partial charge in [-0.1, -0.05) is 30.3 Å². The van der Waals surface area contributed by atoms with Crippen LogP contribution in [0.2, 0.25) is 0 Å². The third-order valence-corrected chi connectivity index (χ3v) is 7.44. The molecular formula is C30H27N7O3. The molecule has 10 heteroatoms. The fourth-order valence-electron chi connectivity index (χ4n) is 5.39. The number of phenols is 1. The molecule has 3 aromatic heterocycles. The molecule has 0 amide bonds. The van der Waals surface area contributed by atoms with Crippen molar-refractivity contribution in [3.8, 4) is 11.8 Å². The Labute approximate surface area is 230 Å². The molecule has 1 aliphatic rings. The molecule has 0 bridgehead atoms. The van der Waals surface area contributed by atoms with Crippen LogP contribution in [0, 0.1) is 17.2 Å². The number of hydrogen-bond donors (Lipinski definition) is 2. The number of carbonyl (C=O) groups excluding carboxylic acids is 1. The van der Waals surface area contributed by atoms with Crippen molar-refractivity contribution in [2.24, 2.45) is 16.1 Å². The summed E-state index contributed by atoms with van der Waals surface area (Å²) in [4.78, 5) is 25.1. The van der Waals surface area contributed by atoms with Crippen LogP contribution in [0.15, 0.2) is 77.2 Å². The number of phenolic OH excluding ortho intramolecular Hbond substituents is 1. The molecule has 10 nitrogen and oxygen atoms in total. The van der Waals surface area contributed by atoms with Crippen LogP contribution in [-0.4, -0.2) is 30.6 Å². The number of nitrogens with zero attached hydrogens (tertiary/aromatic N) is 6. The van der Waals surface area contributed by atoms with E-state index in [4.69, 9.17) is 15.0 Å². The number of imidazole rings is 1. The van der Waals surface area contributed by atoms with Crippen molar-refractivity contribution in [1.29, 1.82) is 5.26 Å². The molecular weight excluding hydrogens is 506 g/mol. The number of nitrogens with one attached hydrogen (secondary N) is 1. The summed E-state index contributed by atoms with van der Waals surface area (Å²) < 4.78 is 7.53. The molecule has 1 saturated carbocycles. The highest BCUT2D eigenvalue weighted by atomic mass is 16.5. The van der Waals surface area contributed by atoms with Gasteiger partial charge in [0.15, 0.2) is 0 Å². The number of H-pyrrole nitrogens is 1. The van der Waals surface area contributed by atoms with Crippen LogP contribution >= 0.6 is 0 Å². The zero-order valence-corrected chi connectivity index (χ0v) is 21.7. The van der Waals surface area contributed by atoms with Crippen LogP contribution in [0.25, 0.3) is 22.1 Å². The van der Waals surface area contributed by atoms with Gasteiger partial charge in [-0.2, -0.15) is 5.26 Å². The zero-order valence-electron chi connectivity index (χ0n) is 21.7. The van der Waals surface area contributed by atoms with Crippen LogP contribution in [0.4, 0.5) is 11.6 Å². The summed E-state index contributed by atoms with van der Waals surface area (Å²) in [5.74, 6) is 0.00244. The predicted octanol–water partition coefficient (Wildman–Crippen LogP) is 7.04. The van der Waals surface area contributed by atoms with Crippen LogP contribution in [0.1, 0.15) is 54.1 Å². The second-order valence-corrected chi connectivity index (χ2v) is 10.0. The number of hydrogen-bond acceptors (Lipinski definition) is 8. The highest BCUT2D eigenvalue weighted by Crippen LogP contribution is 2.40. The van der Waals surface area contributed by atoms with Gasteiger partial charge in [0.2, 0.25) is 0 Å². The summed E-state index contributed by atoms with van der Waals surface area (Å²) in [7, 11) is 0. The maximum Gasteiger partial charge on any atom is 0.342 e. The number of rotatable bonds is 7. The van der Waals surface area contributed by atoms with Gasteiger partial charge in [0.1, 0.15) is 29.1 Å². The normalized spacial score (nSPS) is 17.4. The smallest absolute Gasteiger partial charge is 0.342 e. The van der Waals surface area contributed by atoms with Gasteiger partial charge in [-0.15, -0.1) is 10.2 Å². The van der Waals surface area contributed by atoms with E-state index in [1.807, 2.05) is 42.6 Å². The van der Waals surface area contributed by atoms with E-state index in [1.54, 1.807) is 12.3 Å². The molecule has 200 valence electrons. The Balaban J connectivity index is 1.31. The minimum atomic E-state index is -0.652. The summed E-state index contributed by atoms with van der Waals surface area (Å²) in [5.41, 5.74) is 3.67. The lowest BCUT2D eigenvalue weighted by atomic mass is 9.84. The molecule has 0 spiro atoms. The fourth-order valence-corrected chi connectivity index (χ4v) is 5.39. The van der Waals surface area contributed by atoms with Crippen molar-refractivity contribution in [3.63, 3.8) is 0 Å². The van der Waals surface area contributed by atoms with Crippen molar-refractivity contribution in [2.75, 3.05) is 0 Å². The summed E-state index contributed by atoms with van der Waals surface area (Å²) >= 11 is 0. The number of benzene rings is 2. The number of nitriles is 1. The number of aromatic amines is 1. The number of esters is 1. The zero-order chi connectivity index (χ0) is 27.5. The largest absolute Gasteiger partial charge is 0.507 e. The lowest BCUT2D eigenvalue weighted by Gasteiger charge is -2.29. The van der Waals surface area contributed by atoms with E-state index < -0.39 is 5.97 Å². The monoisotopic (exact) mass is 533 g/mol. The minimum Gasteiger partial charge on any atom is -0.507 e. The maximum absolute atomic E-state index is 12.7. The maximum atomic E-state index is 12.7. The van der Waals surface area contributed by atoms with Crippen molar-refractivity contribution in [1.82, 2.24) is 19.5 Å². The van der Waals surface area contributed by atoms with Crippen molar-refractivity contribution >= 4 is 39.7 Å². The Kier molecular flexibility index (Phi) is 6.93. The molecule has 2 N–H and O–H groups in total. The number of azo groups is 1. The van der Waals surface area contributed by atoms with Crippen molar-refractivity contribution < 1.29 is 14.6 Å². The molecule has 40 heavy (non-hydrogen) atoms. The molecule has 1 aliphatic carbocycles. The summed E-state index contributed by atoms with van der Waals surface area (Å²) in [6, 6.07) is 18.2. The number of carbonyl (C=O) groups is 1.